The number of methoxy groups -OCH3 is 1. The molecule has 5 heteroatoms. The van der Waals surface area contributed by atoms with Gasteiger partial charge in [-0.05, 0) is 19.4 Å². The van der Waals surface area contributed by atoms with Crippen molar-refractivity contribution in [1.82, 2.24) is 4.74 Å². The summed E-state index contributed by atoms with van der Waals surface area (Å²) in [7, 11) is 1.60. The Labute approximate surface area is 123 Å². The van der Waals surface area contributed by atoms with Gasteiger partial charge in [0.1, 0.15) is 5.56 Å². The lowest BCUT2D eigenvalue weighted by atomic mass is 9.93. The predicted molar refractivity (Wildman–Crippen MR) is 78.4 cm³/mol. The average Bonchev–Trinajstić information content (AvgIpc) is 2.76. The average molecular weight is 289 g/mol. The fourth-order valence-corrected chi connectivity index (χ4v) is 2.91. The lowest BCUT2D eigenvalue weighted by molar-refractivity contribution is -0.199. The molecule has 0 saturated carbocycles. The molecule has 0 spiro atoms. The van der Waals surface area contributed by atoms with Crippen molar-refractivity contribution in [2.45, 2.75) is 38.5 Å². The van der Waals surface area contributed by atoms with Gasteiger partial charge in [-0.15, -0.1) is 0 Å². The first-order valence-electron chi connectivity index (χ1n) is 6.93. The number of nitrogens with zero attached hydrogens (tertiary/aromatic N) is 1. The molecule has 0 amide bonds. The van der Waals surface area contributed by atoms with Crippen molar-refractivity contribution in [2.75, 3.05) is 7.11 Å². The molecule has 0 bridgehead atoms. The van der Waals surface area contributed by atoms with E-state index in [1.54, 1.807) is 11.8 Å². The highest BCUT2D eigenvalue weighted by atomic mass is 16.7. The Morgan fingerprint density at radius 1 is 1.19 bits per heavy atom. The Morgan fingerprint density at radius 2 is 1.86 bits per heavy atom. The van der Waals surface area contributed by atoms with E-state index < -0.39 is 17.0 Å². The van der Waals surface area contributed by atoms with Gasteiger partial charge in [-0.25, -0.2) is 4.79 Å². The topological polar surface area (TPSA) is 53.6 Å². The Morgan fingerprint density at radius 3 is 2.48 bits per heavy atom. The Bertz CT molecular complexity index is 714. The van der Waals surface area contributed by atoms with E-state index in [4.69, 9.17) is 14.0 Å². The Balaban J connectivity index is 2.24. The van der Waals surface area contributed by atoms with E-state index in [9.17, 15) is 4.79 Å². The molecule has 3 rings (SSSR count). The highest BCUT2D eigenvalue weighted by Gasteiger charge is 2.45. The molecule has 1 aliphatic heterocycles. The van der Waals surface area contributed by atoms with E-state index in [0.29, 0.717) is 17.9 Å². The summed E-state index contributed by atoms with van der Waals surface area (Å²) in [5.74, 6) is -0.365. The molecule has 1 atom stereocenters. The van der Waals surface area contributed by atoms with Crippen LogP contribution in [0.1, 0.15) is 27.2 Å². The fourth-order valence-electron chi connectivity index (χ4n) is 2.91. The van der Waals surface area contributed by atoms with Gasteiger partial charge in [-0.3, -0.25) is 0 Å². The number of rotatable bonds is 2. The third kappa shape index (κ3) is 2.17. The lowest BCUT2D eigenvalue weighted by Gasteiger charge is -2.41. The van der Waals surface area contributed by atoms with Crippen molar-refractivity contribution >= 4 is 0 Å². The summed E-state index contributed by atoms with van der Waals surface area (Å²) in [4.78, 5) is 12.3. The molecule has 0 fully saturated rings. The first kappa shape index (κ1) is 13.9. The van der Waals surface area contributed by atoms with Gasteiger partial charge in [-0.2, -0.15) is 4.74 Å². The third-order valence-electron chi connectivity index (χ3n) is 3.89. The van der Waals surface area contributed by atoms with Crippen LogP contribution in [0.2, 0.25) is 0 Å². The van der Waals surface area contributed by atoms with Gasteiger partial charge in [0.2, 0.25) is 11.7 Å². The van der Waals surface area contributed by atoms with Gasteiger partial charge in [0.25, 0.3) is 0 Å². The Hall–Kier alpha value is -2.01. The van der Waals surface area contributed by atoms with Crippen LogP contribution >= 0.6 is 0 Å². The van der Waals surface area contributed by atoms with Crippen molar-refractivity contribution in [2.24, 2.45) is 0 Å². The molecule has 1 aromatic heterocycles. The number of aromatic nitrogens is 1. The van der Waals surface area contributed by atoms with E-state index in [-0.39, 0.29) is 0 Å². The highest BCUT2D eigenvalue weighted by molar-refractivity contribution is 5.67. The highest BCUT2D eigenvalue weighted by Crippen LogP contribution is 2.43. The second-order valence-electron chi connectivity index (χ2n) is 6.15. The van der Waals surface area contributed by atoms with Crippen LogP contribution in [0.5, 0.6) is 5.88 Å². The molecule has 0 radical (unpaired) electrons. The van der Waals surface area contributed by atoms with Crippen LogP contribution in [-0.2, 0) is 10.3 Å². The van der Waals surface area contributed by atoms with E-state index >= 15 is 0 Å². The van der Waals surface area contributed by atoms with Crippen LogP contribution < -0.4 is 10.4 Å². The second-order valence-corrected chi connectivity index (χ2v) is 6.15. The van der Waals surface area contributed by atoms with Crippen molar-refractivity contribution in [3.63, 3.8) is 0 Å². The molecule has 5 nitrogen and oxygen atoms in total. The van der Waals surface area contributed by atoms with Crippen molar-refractivity contribution < 1.29 is 14.0 Å². The number of hydrogen-bond acceptors (Lipinski definition) is 4. The smallest absolute Gasteiger partial charge is 0.369 e. The van der Waals surface area contributed by atoms with Crippen LogP contribution in [0.4, 0.5) is 0 Å². The van der Waals surface area contributed by atoms with Crippen molar-refractivity contribution in [1.29, 1.82) is 0 Å². The molecule has 0 aliphatic carbocycles. The molecule has 2 heterocycles. The van der Waals surface area contributed by atoms with E-state index in [2.05, 4.69) is 0 Å². The summed E-state index contributed by atoms with van der Waals surface area (Å²) in [5, 5.41) is 0. The third-order valence-corrected chi connectivity index (χ3v) is 3.89. The lowest BCUT2D eigenvalue weighted by Crippen LogP contribution is -2.48. The molecular weight excluding hydrogens is 270 g/mol. The summed E-state index contributed by atoms with van der Waals surface area (Å²) in [6.45, 7) is 5.85. The molecule has 0 saturated heterocycles. The number of ether oxygens (including phenoxy) is 2. The molecule has 2 aromatic rings. The zero-order valence-electron chi connectivity index (χ0n) is 12.7. The van der Waals surface area contributed by atoms with Crippen LogP contribution in [-0.4, -0.2) is 17.6 Å². The maximum atomic E-state index is 12.3. The molecular formula is C16H19NO4. The van der Waals surface area contributed by atoms with Gasteiger partial charge in [-0.1, -0.05) is 30.3 Å². The van der Waals surface area contributed by atoms with Crippen LogP contribution in [0.15, 0.2) is 39.6 Å². The van der Waals surface area contributed by atoms with Crippen molar-refractivity contribution in [3.05, 3.63) is 40.8 Å². The zero-order chi connectivity index (χ0) is 15.3. The van der Waals surface area contributed by atoms with Gasteiger partial charge < -0.3 is 14.0 Å². The molecule has 1 aromatic carbocycles. The number of benzene rings is 1. The van der Waals surface area contributed by atoms with Crippen LogP contribution in [0, 0.1) is 0 Å². The minimum absolute atomic E-state index is 0.398. The van der Waals surface area contributed by atoms with E-state index in [1.165, 1.54) is 0 Å². The monoisotopic (exact) mass is 289 g/mol. The number of fused-ring (bicyclic) bond motifs is 1. The van der Waals surface area contributed by atoms with Crippen LogP contribution in [0.3, 0.4) is 0 Å². The summed E-state index contributed by atoms with van der Waals surface area (Å²) in [6.07, 6.45) is 0.579. The summed E-state index contributed by atoms with van der Waals surface area (Å²) in [6, 6.07) is 9.38. The van der Waals surface area contributed by atoms with Gasteiger partial charge >= 0.3 is 5.63 Å². The van der Waals surface area contributed by atoms with E-state index in [0.717, 1.165) is 5.56 Å². The van der Waals surface area contributed by atoms with E-state index in [1.807, 2.05) is 51.1 Å². The molecule has 0 N–H and O–H groups in total. The molecule has 112 valence electrons. The molecule has 1 aliphatic rings. The second kappa shape index (κ2) is 4.49. The van der Waals surface area contributed by atoms with Gasteiger partial charge in [0.05, 0.1) is 5.54 Å². The number of hydrogen-bond donors (Lipinski definition) is 0. The molecule has 1 unspecified atom stereocenters. The quantitative estimate of drug-likeness (QED) is 0.853. The largest absolute Gasteiger partial charge is 0.444 e. The predicted octanol–water partition coefficient (Wildman–Crippen LogP) is 2.99. The fraction of sp³-hybridized carbons (Fsp3) is 0.438. The minimum atomic E-state index is -0.788. The first-order valence-corrected chi connectivity index (χ1v) is 6.93. The normalized spacial score (nSPS) is 23.4. The Kier molecular flexibility index (Phi) is 2.99. The zero-order valence-corrected chi connectivity index (χ0v) is 12.7. The minimum Gasteiger partial charge on any atom is -0.444 e. The standard InChI is InChI=1S/C16H19NO4/c1-15(2)10-16(3,19-4)20-13-12(14(18)21-17(13)15)11-8-6-5-7-9-11/h5-9H,10H2,1-4H3. The SMILES string of the molecule is COC1(C)CC(C)(C)n2oc(=O)c(-c3ccccc3)c2O1. The van der Waals surface area contributed by atoms with Crippen molar-refractivity contribution in [3.8, 4) is 17.0 Å². The maximum absolute atomic E-state index is 12.3. The summed E-state index contributed by atoms with van der Waals surface area (Å²) >= 11 is 0. The van der Waals surface area contributed by atoms with Gasteiger partial charge in [0, 0.05) is 20.5 Å². The first-order chi connectivity index (χ1) is 9.86. The van der Waals surface area contributed by atoms with Crippen LogP contribution in [0.25, 0.3) is 11.1 Å². The maximum Gasteiger partial charge on any atom is 0.369 e. The summed E-state index contributed by atoms with van der Waals surface area (Å²) < 4.78 is 18.4. The molecule has 21 heavy (non-hydrogen) atoms. The summed E-state index contributed by atoms with van der Waals surface area (Å²) in [5.41, 5.74) is 0.400. The van der Waals surface area contributed by atoms with Gasteiger partial charge in [0.15, 0.2) is 0 Å².